The molecule has 3 aliphatic rings. The van der Waals surface area contributed by atoms with Crippen LogP contribution in [0.25, 0.3) is 10.9 Å². The number of fused-ring (bicyclic) bond motifs is 5. The molecule has 7 nitrogen and oxygen atoms in total. The van der Waals surface area contributed by atoms with E-state index in [1.54, 1.807) is 14.2 Å². The van der Waals surface area contributed by atoms with E-state index in [0.717, 1.165) is 36.0 Å². The quantitative estimate of drug-likeness (QED) is 0.873. The van der Waals surface area contributed by atoms with E-state index in [-0.39, 0.29) is 0 Å². The average Bonchev–Trinajstić information content (AvgIpc) is 2.72. The fourth-order valence-electron chi connectivity index (χ4n) is 5.54. The van der Waals surface area contributed by atoms with Crippen molar-refractivity contribution in [3.8, 4) is 11.5 Å². The summed E-state index contributed by atoms with van der Waals surface area (Å²) in [5, 5.41) is 0.803. The summed E-state index contributed by atoms with van der Waals surface area (Å²) < 4.78 is 10.8. The van der Waals surface area contributed by atoms with Crippen molar-refractivity contribution in [1.29, 1.82) is 0 Å². The maximum atomic E-state index is 6.32. The molecule has 0 radical (unpaired) electrons. The lowest BCUT2D eigenvalue weighted by molar-refractivity contribution is 0.0183. The fraction of sp³-hybridized carbons (Fsp3) is 0.619. The predicted octanol–water partition coefficient (Wildman–Crippen LogP) is 2.54. The molecular formula is C21H29N5O2. The number of hydrogen-bond acceptors (Lipinski definition) is 7. The normalized spacial score (nSPS) is 27.5. The van der Waals surface area contributed by atoms with Crippen LogP contribution in [-0.2, 0) is 0 Å². The number of benzene rings is 1. The van der Waals surface area contributed by atoms with E-state index in [2.05, 4.69) is 14.8 Å². The summed E-state index contributed by atoms with van der Waals surface area (Å²) in [6.07, 6.45) is 5.40. The van der Waals surface area contributed by atoms with Crippen LogP contribution in [0.1, 0.15) is 25.7 Å². The number of hydrogen-bond donors (Lipinski definition) is 1. The van der Waals surface area contributed by atoms with Gasteiger partial charge >= 0.3 is 0 Å². The highest BCUT2D eigenvalue weighted by Crippen LogP contribution is 2.39. The average molecular weight is 383 g/mol. The van der Waals surface area contributed by atoms with Crippen molar-refractivity contribution in [3.05, 3.63) is 12.1 Å². The van der Waals surface area contributed by atoms with E-state index < -0.39 is 0 Å². The highest BCUT2D eigenvalue weighted by atomic mass is 16.5. The Kier molecular flexibility index (Phi) is 4.42. The highest BCUT2D eigenvalue weighted by Gasteiger charge is 2.42. The van der Waals surface area contributed by atoms with Gasteiger partial charge in [-0.2, -0.15) is 4.98 Å². The number of anilines is 2. The van der Waals surface area contributed by atoms with Crippen LogP contribution in [0.4, 0.5) is 11.8 Å². The molecular weight excluding hydrogens is 354 g/mol. The van der Waals surface area contributed by atoms with Gasteiger partial charge in [0.1, 0.15) is 5.82 Å². The van der Waals surface area contributed by atoms with Crippen molar-refractivity contribution < 1.29 is 9.47 Å². The van der Waals surface area contributed by atoms with Crippen LogP contribution in [0.2, 0.25) is 0 Å². The molecule has 2 aromatic rings. The van der Waals surface area contributed by atoms with Crippen molar-refractivity contribution in [2.75, 3.05) is 51.0 Å². The first-order chi connectivity index (χ1) is 13.7. The Morgan fingerprint density at radius 2 is 1.86 bits per heavy atom. The van der Waals surface area contributed by atoms with E-state index in [1.807, 2.05) is 12.1 Å². The molecule has 150 valence electrons. The number of rotatable bonds is 3. The van der Waals surface area contributed by atoms with Crippen LogP contribution in [0.3, 0.4) is 0 Å². The first-order valence-electron chi connectivity index (χ1n) is 10.3. The molecule has 28 heavy (non-hydrogen) atoms. The molecule has 5 rings (SSSR count). The van der Waals surface area contributed by atoms with Crippen molar-refractivity contribution in [2.24, 2.45) is 11.8 Å². The number of methoxy groups -OCH3 is 2. The Bertz CT molecular complexity index is 889. The van der Waals surface area contributed by atoms with Gasteiger partial charge in [-0.05, 0) is 43.7 Å². The molecule has 3 aliphatic heterocycles. The molecule has 2 bridgehead atoms. The molecule has 0 spiro atoms. The van der Waals surface area contributed by atoms with Gasteiger partial charge < -0.3 is 20.1 Å². The SMILES string of the molecule is COc1cc2nc(N3C[C@@H]4C[C@H](C3)[C@@H]3CCCCN3C4)nc(N)c2cc1OC. The summed E-state index contributed by atoms with van der Waals surface area (Å²) >= 11 is 0. The van der Waals surface area contributed by atoms with Gasteiger partial charge in [0.05, 0.1) is 19.7 Å². The molecule has 1 aromatic heterocycles. The van der Waals surface area contributed by atoms with Gasteiger partial charge in [-0.3, -0.25) is 4.90 Å². The third-order valence-corrected chi connectivity index (χ3v) is 6.77. The topological polar surface area (TPSA) is 76.7 Å². The maximum Gasteiger partial charge on any atom is 0.227 e. The summed E-state index contributed by atoms with van der Waals surface area (Å²) in [4.78, 5) is 14.6. The van der Waals surface area contributed by atoms with Crippen molar-refractivity contribution in [2.45, 2.75) is 31.7 Å². The predicted molar refractivity (Wildman–Crippen MR) is 110 cm³/mol. The third kappa shape index (κ3) is 2.92. The van der Waals surface area contributed by atoms with Gasteiger partial charge in [0, 0.05) is 37.1 Å². The van der Waals surface area contributed by atoms with Gasteiger partial charge in [-0.15, -0.1) is 0 Å². The minimum absolute atomic E-state index is 0.496. The Labute approximate surface area is 165 Å². The van der Waals surface area contributed by atoms with Crippen molar-refractivity contribution in [3.63, 3.8) is 0 Å². The van der Waals surface area contributed by atoms with Crippen molar-refractivity contribution in [1.82, 2.24) is 14.9 Å². The number of nitrogens with zero attached hydrogens (tertiary/aromatic N) is 4. The minimum atomic E-state index is 0.496. The molecule has 0 unspecified atom stereocenters. The van der Waals surface area contributed by atoms with Crippen LogP contribution in [0.5, 0.6) is 11.5 Å². The number of ether oxygens (including phenoxy) is 2. The molecule has 3 atom stereocenters. The van der Waals surface area contributed by atoms with E-state index >= 15 is 0 Å². The monoisotopic (exact) mass is 383 g/mol. The van der Waals surface area contributed by atoms with Gasteiger partial charge in [0.25, 0.3) is 0 Å². The Balaban J connectivity index is 1.47. The zero-order valence-electron chi connectivity index (χ0n) is 16.7. The minimum Gasteiger partial charge on any atom is -0.493 e. The number of nitrogen functional groups attached to an aromatic ring is 1. The molecule has 4 heterocycles. The largest absolute Gasteiger partial charge is 0.493 e. The summed E-state index contributed by atoms with van der Waals surface area (Å²) in [5.74, 6) is 3.94. The van der Waals surface area contributed by atoms with Crippen LogP contribution in [0, 0.1) is 11.8 Å². The first-order valence-corrected chi connectivity index (χ1v) is 10.3. The fourth-order valence-corrected chi connectivity index (χ4v) is 5.54. The smallest absolute Gasteiger partial charge is 0.227 e. The molecule has 7 heteroatoms. The molecule has 0 amide bonds. The molecule has 0 aliphatic carbocycles. The Morgan fingerprint density at radius 3 is 2.68 bits per heavy atom. The summed E-state index contributed by atoms with van der Waals surface area (Å²) in [6.45, 7) is 4.53. The molecule has 3 fully saturated rings. The first kappa shape index (κ1) is 17.8. The Morgan fingerprint density at radius 1 is 1.04 bits per heavy atom. The second kappa shape index (κ2) is 6.95. The van der Waals surface area contributed by atoms with Crippen molar-refractivity contribution >= 4 is 22.7 Å². The highest BCUT2D eigenvalue weighted by molar-refractivity contribution is 5.91. The maximum absolute atomic E-state index is 6.32. The van der Waals surface area contributed by atoms with E-state index in [9.17, 15) is 0 Å². The second-order valence-corrected chi connectivity index (χ2v) is 8.46. The molecule has 0 saturated carbocycles. The molecule has 3 saturated heterocycles. The molecule has 2 N–H and O–H groups in total. The lowest BCUT2D eigenvalue weighted by Gasteiger charge is -2.52. The van der Waals surface area contributed by atoms with Crippen LogP contribution in [0.15, 0.2) is 12.1 Å². The zero-order valence-corrected chi connectivity index (χ0v) is 16.7. The van der Waals surface area contributed by atoms with E-state index in [0.29, 0.717) is 29.2 Å². The Hall–Kier alpha value is -2.28. The molecule has 1 aromatic carbocycles. The number of aromatic nitrogens is 2. The zero-order chi connectivity index (χ0) is 19.3. The van der Waals surface area contributed by atoms with Gasteiger partial charge in [0.2, 0.25) is 5.95 Å². The van der Waals surface area contributed by atoms with E-state index in [4.69, 9.17) is 20.2 Å². The lowest BCUT2D eigenvalue weighted by Crippen LogP contribution is -2.59. The van der Waals surface area contributed by atoms with E-state index in [1.165, 1.54) is 38.8 Å². The van der Waals surface area contributed by atoms with Crippen LogP contribution in [-0.4, -0.2) is 61.3 Å². The third-order valence-electron chi connectivity index (χ3n) is 6.77. The summed E-state index contributed by atoms with van der Waals surface area (Å²) in [6, 6.07) is 4.48. The number of piperidine rings is 3. The van der Waals surface area contributed by atoms with Gasteiger partial charge in [0.15, 0.2) is 11.5 Å². The number of nitrogens with two attached hydrogens (primary N) is 1. The summed E-state index contributed by atoms with van der Waals surface area (Å²) in [5.41, 5.74) is 7.12. The standard InChI is InChI=1S/C21H29N5O2/c1-27-18-8-15-16(9-19(18)28-2)23-21(24-20(15)22)26-11-13-7-14(12-26)17-5-3-4-6-25(17)10-13/h8-9,13-14,17H,3-7,10-12H2,1-2H3,(H2,22,23,24)/t13-,14-,17+/m1/s1. The second-order valence-electron chi connectivity index (χ2n) is 8.46. The van der Waals surface area contributed by atoms with Gasteiger partial charge in [-0.25, -0.2) is 4.98 Å². The van der Waals surface area contributed by atoms with Gasteiger partial charge in [-0.1, -0.05) is 6.42 Å². The lowest BCUT2D eigenvalue weighted by atomic mass is 9.76. The summed E-state index contributed by atoms with van der Waals surface area (Å²) in [7, 11) is 3.26. The van der Waals surface area contributed by atoms with Crippen LogP contribution < -0.4 is 20.1 Å². The van der Waals surface area contributed by atoms with Crippen LogP contribution >= 0.6 is 0 Å².